The molecule has 0 spiro atoms. The molecule has 102 valence electrons. The van der Waals surface area contributed by atoms with Crippen molar-refractivity contribution in [2.24, 2.45) is 5.92 Å². The van der Waals surface area contributed by atoms with Crippen LogP contribution in [0.1, 0.15) is 35.3 Å². The van der Waals surface area contributed by atoms with Gasteiger partial charge in [0.15, 0.2) is 0 Å². The van der Waals surface area contributed by atoms with E-state index in [0.717, 1.165) is 18.7 Å². The molecular formula is C14H18N2O3. The number of benzene rings is 1. The first-order valence-corrected chi connectivity index (χ1v) is 6.35. The van der Waals surface area contributed by atoms with Crippen LogP contribution in [0.3, 0.4) is 0 Å². The number of nitrogens with one attached hydrogen (secondary N) is 2. The highest BCUT2D eigenvalue weighted by molar-refractivity contribution is 5.96. The van der Waals surface area contributed by atoms with Crippen LogP contribution in [-0.2, 0) is 17.9 Å². The van der Waals surface area contributed by atoms with Crippen LogP contribution in [0, 0.1) is 5.92 Å². The zero-order valence-electron chi connectivity index (χ0n) is 11.1. The van der Waals surface area contributed by atoms with Crippen molar-refractivity contribution >= 4 is 11.9 Å². The fourth-order valence-corrected chi connectivity index (χ4v) is 2.17. The standard InChI is InChI=1S/C14H18N2O3/c1-8(2)12(14(18)19)16-13(17)9-3-4-10-6-15-7-11(10)5-9/h3-5,8,12,15H,6-7H2,1-2H3,(H,16,17)(H,18,19)/t12-/m1/s1. The van der Waals surface area contributed by atoms with Gasteiger partial charge in [-0.2, -0.15) is 0 Å². The Bertz CT molecular complexity index is 511. The molecule has 0 unspecified atom stereocenters. The minimum absolute atomic E-state index is 0.155. The topological polar surface area (TPSA) is 78.4 Å². The van der Waals surface area contributed by atoms with Crippen molar-refractivity contribution in [2.45, 2.75) is 33.0 Å². The maximum atomic E-state index is 12.1. The Labute approximate surface area is 112 Å². The second-order valence-corrected chi connectivity index (χ2v) is 5.12. The summed E-state index contributed by atoms with van der Waals surface area (Å²) < 4.78 is 0. The van der Waals surface area contributed by atoms with Crippen LogP contribution in [0.15, 0.2) is 18.2 Å². The van der Waals surface area contributed by atoms with Crippen LogP contribution in [-0.4, -0.2) is 23.0 Å². The molecule has 1 aromatic carbocycles. The number of carbonyl (C=O) groups is 2. The minimum Gasteiger partial charge on any atom is -0.480 e. The molecule has 1 atom stereocenters. The van der Waals surface area contributed by atoms with Crippen LogP contribution < -0.4 is 10.6 Å². The van der Waals surface area contributed by atoms with Crippen molar-refractivity contribution in [1.82, 2.24) is 10.6 Å². The fraction of sp³-hybridized carbons (Fsp3) is 0.429. The van der Waals surface area contributed by atoms with E-state index >= 15 is 0 Å². The van der Waals surface area contributed by atoms with Gasteiger partial charge in [-0.15, -0.1) is 0 Å². The molecule has 0 saturated heterocycles. The van der Waals surface area contributed by atoms with E-state index in [9.17, 15) is 9.59 Å². The summed E-state index contributed by atoms with van der Waals surface area (Å²) in [6.45, 7) is 5.11. The number of carboxylic acids is 1. The lowest BCUT2D eigenvalue weighted by atomic mass is 10.0. The summed E-state index contributed by atoms with van der Waals surface area (Å²) in [4.78, 5) is 23.1. The Morgan fingerprint density at radius 2 is 1.95 bits per heavy atom. The quantitative estimate of drug-likeness (QED) is 0.760. The number of carboxylic acid groups (broad SMARTS) is 1. The summed E-state index contributed by atoms with van der Waals surface area (Å²) in [7, 11) is 0. The first-order valence-electron chi connectivity index (χ1n) is 6.35. The van der Waals surface area contributed by atoms with E-state index < -0.39 is 12.0 Å². The normalized spacial score (nSPS) is 15.1. The number of carbonyl (C=O) groups excluding carboxylic acids is 1. The molecule has 19 heavy (non-hydrogen) atoms. The lowest BCUT2D eigenvalue weighted by molar-refractivity contribution is -0.140. The van der Waals surface area contributed by atoms with Gasteiger partial charge in [-0.3, -0.25) is 4.79 Å². The van der Waals surface area contributed by atoms with Gasteiger partial charge in [-0.25, -0.2) is 4.79 Å². The number of rotatable bonds is 4. The second-order valence-electron chi connectivity index (χ2n) is 5.12. The lowest BCUT2D eigenvalue weighted by Crippen LogP contribution is -2.44. The summed E-state index contributed by atoms with van der Waals surface area (Å²) in [5.74, 6) is -1.50. The van der Waals surface area contributed by atoms with Gasteiger partial charge < -0.3 is 15.7 Å². The molecule has 0 fully saturated rings. The third-order valence-electron chi connectivity index (χ3n) is 3.32. The van der Waals surface area contributed by atoms with Crippen LogP contribution in [0.5, 0.6) is 0 Å². The summed E-state index contributed by atoms with van der Waals surface area (Å²) >= 11 is 0. The van der Waals surface area contributed by atoms with Gasteiger partial charge in [0.05, 0.1) is 0 Å². The Hall–Kier alpha value is -1.88. The molecule has 1 aliphatic heterocycles. The lowest BCUT2D eigenvalue weighted by Gasteiger charge is -2.18. The molecule has 3 N–H and O–H groups in total. The molecule has 1 aromatic rings. The van der Waals surface area contributed by atoms with Gasteiger partial charge in [-0.05, 0) is 29.2 Å². The monoisotopic (exact) mass is 262 g/mol. The molecule has 0 saturated carbocycles. The van der Waals surface area contributed by atoms with Crippen molar-refractivity contribution < 1.29 is 14.7 Å². The molecule has 0 bridgehead atoms. The maximum Gasteiger partial charge on any atom is 0.326 e. The number of hydrogen-bond donors (Lipinski definition) is 3. The van der Waals surface area contributed by atoms with Crippen molar-refractivity contribution in [3.63, 3.8) is 0 Å². The fourth-order valence-electron chi connectivity index (χ4n) is 2.17. The van der Waals surface area contributed by atoms with Gasteiger partial charge in [0, 0.05) is 18.7 Å². The zero-order valence-corrected chi connectivity index (χ0v) is 11.1. The van der Waals surface area contributed by atoms with Gasteiger partial charge in [0.25, 0.3) is 5.91 Å². The molecule has 1 heterocycles. The van der Waals surface area contributed by atoms with Crippen molar-refractivity contribution in [1.29, 1.82) is 0 Å². The average molecular weight is 262 g/mol. The summed E-state index contributed by atoms with van der Waals surface area (Å²) in [6, 6.07) is 4.61. The van der Waals surface area contributed by atoms with Crippen molar-refractivity contribution in [2.75, 3.05) is 0 Å². The van der Waals surface area contributed by atoms with E-state index in [0.29, 0.717) is 5.56 Å². The van der Waals surface area contributed by atoms with Gasteiger partial charge in [0.2, 0.25) is 0 Å². The van der Waals surface area contributed by atoms with E-state index in [1.807, 2.05) is 12.1 Å². The predicted octanol–water partition coefficient (Wildman–Crippen LogP) is 1.13. The molecule has 0 radical (unpaired) electrons. The predicted molar refractivity (Wildman–Crippen MR) is 70.7 cm³/mol. The van der Waals surface area contributed by atoms with E-state index in [-0.39, 0.29) is 11.8 Å². The molecule has 0 aliphatic carbocycles. The first kappa shape index (κ1) is 13.5. The molecule has 5 heteroatoms. The third kappa shape index (κ3) is 2.93. The Balaban J connectivity index is 2.13. The van der Waals surface area contributed by atoms with Crippen LogP contribution >= 0.6 is 0 Å². The summed E-state index contributed by atoms with van der Waals surface area (Å²) in [5.41, 5.74) is 2.80. The van der Waals surface area contributed by atoms with E-state index in [1.54, 1.807) is 19.9 Å². The molecule has 0 aromatic heterocycles. The largest absolute Gasteiger partial charge is 0.480 e. The molecule has 2 rings (SSSR count). The SMILES string of the molecule is CC(C)[C@@H](NC(=O)c1ccc2c(c1)CNC2)C(=O)O. The van der Waals surface area contributed by atoms with Crippen LogP contribution in [0.2, 0.25) is 0 Å². The molecule has 5 nitrogen and oxygen atoms in total. The highest BCUT2D eigenvalue weighted by Crippen LogP contribution is 2.17. The highest BCUT2D eigenvalue weighted by Gasteiger charge is 2.24. The van der Waals surface area contributed by atoms with E-state index in [1.165, 1.54) is 5.56 Å². The Morgan fingerprint density at radius 1 is 1.26 bits per heavy atom. The van der Waals surface area contributed by atoms with E-state index in [2.05, 4.69) is 10.6 Å². The first-order chi connectivity index (χ1) is 8.99. The summed E-state index contributed by atoms with van der Waals surface area (Å²) in [6.07, 6.45) is 0. The second kappa shape index (κ2) is 5.40. The molecule has 1 aliphatic rings. The zero-order chi connectivity index (χ0) is 14.0. The Morgan fingerprint density at radius 3 is 2.58 bits per heavy atom. The minimum atomic E-state index is -1.01. The van der Waals surface area contributed by atoms with Crippen LogP contribution in [0.4, 0.5) is 0 Å². The Kier molecular flexibility index (Phi) is 3.85. The van der Waals surface area contributed by atoms with Gasteiger partial charge in [0.1, 0.15) is 6.04 Å². The maximum absolute atomic E-state index is 12.1. The average Bonchev–Trinajstić information content (AvgIpc) is 2.81. The van der Waals surface area contributed by atoms with Gasteiger partial charge >= 0.3 is 5.97 Å². The number of hydrogen-bond acceptors (Lipinski definition) is 3. The number of aliphatic carboxylic acids is 1. The third-order valence-corrected chi connectivity index (χ3v) is 3.32. The van der Waals surface area contributed by atoms with Crippen molar-refractivity contribution in [3.8, 4) is 0 Å². The van der Waals surface area contributed by atoms with Gasteiger partial charge in [-0.1, -0.05) is 19.9 Å². The van der Waals surface area contributed by atoms with Crippen molar-refractivity contribution in [3.05, 3.63) is 34.9 Å². The molecule has 1 amide bonds. The highest BCUT2D eigenvalue weighted by atomic mass is 16.4. The number of fused-ring (bicyclic) bond motifs is 1. The van der Waals surface area contributed by atoms with E-state index in [4.69, 9.17) is 5.11 Å². The molecular weight excluding hydrogens is 244 g/mol. The summed E-state index contributed by atoms with van der Waals surface area (Å²) in [5, 5.41) is 14.8. The van der Waals surface area contributed by atoms with Crippen LogP contribution in [0.25, 0.3) is 0 Å². The number of amides is 1. The smallest absolute Gasteiger partial charge is 0.326 e.